The number of nitrogens with one attached hydrogen (secondary N) is 4. The van der Waals surface area contributed by atoms with Crippen molar-refractivity contribution in [2.24, 2.45) is 11.8 Å². The minimum absolute atomic E-state index is 0.00242. The van der Waals surface area contributed by atoms with E-state index < -0.39 is 35.1 Å². The number of Topliss-reactive ketones (excluding diaryl/α,β-unsaturated/α-hetero) is 1. The zero-order valence-electron chi connectivity index (χ0n) is 24.8. The highest BCUT2D eigenvalue weighted by molar-refractivity contribution is 6.36. The molecule has 1 aromatic carbocycles. The number of rotatable bonds is 12. The van der Waals surface area contributed by atoms with E-state index in [0.29, 0.717) is 23.0 Å². The van der Waals surface area contributed by atoms with Crippen molar-refractivity contribution >= 4 is 46.1 Å². The Balaban J connectivity index is 1.29. The van der Waals surface area contributed by atoms with Gasteiger partial charge in [0.2, 0.25) is 17.6 Å². The summed E-state index contributed by atoms with van der Waals surface area (Å²) in [5.74, 6) is -2.12. The Bertz CT molecular complexity index is 1660. The molecule has 3 aromatic rings. The maximum Gasteiger partial charge on any atom is 0.287 e. The highest BCUT2D eigenvalue weighted by Gasteiger charge is 2.40. The molecular weight excluding hydrogens is 566 g/mol. The molecule has 4 atom stereocenters. The topological polar surface area (TPSA) is 169 Å². The molecule has 4 N–H and O–H groups in total. The molecule has 5 rings (SSSR count). The number of aromatic nitrogens is 1. The molecule has 0 spiro atoms. The molecule has 2 bridgehead atoms. The molecule has 0 radical (unpaired) electrons. The summed E-state index contributed by atoms with van der Waals surface area (Å²) in [6.07, 6.45) is 5.34. The first kappa shape index (κ1) is 30.7. The van der Waals surface area contributed by atoms with Crippen LogP contribution < -0.4 is 26.8 Å². The van der Waals surface area contributed by atoms with Gasteiger partial charge in [0.15, 0.2) is 5.76 Å². The van der Waals surface area contributed by atoms with Crippen LogP contribution in [0.15, 0.2) is 51.8 Å². The molecular formula is C32H37N5O7. The van der Waals surface area contributed by atoms with Gasteiger partial charge in [-0.1, -0.05) is 24.6 Å². The maximum absolute atomic E-state index is 13.4. The van der Waals surface area contributed by atoms with Gasteiger partial charge in [-0.2, -0.15) is 0 Å². The number of aryl methyl sites for hydroxylation is 1. The van der Waals surface area contributed by atoms with E-state index in [1.54, 1.807) is 32.0 Å². The predicted octanol–water partition coefficient (Wildman–Crippen LogP) is 2.43. The van der Waals surface area contributed by atoms with Gasteiger partial charge in [0.1, 0.15) is 23.9 Å². The molecule has 0 saturated heterocycles. The fourth-order valence-corrected chi connectivity index (χ4v) is 6.34. The van der Waals surface area contributed by atoms with Crippen LogP contribution in [0.3, 0.4) is 0 Å². The zero-order valence-corrected chi connectivity index (χ0v) is 24.8. The normalized spacial score (nSPS) is 19.4. The molecule has 2 aliphatic carbocycles. The van der Waals surface area contributed by atoms with Gasteiger partial charge in [-0.3, -0.25) is 28.8 Å². The molecule has 44 heavy (non-hydrogen) atoms. The minimum Gasteiger partial charge on any atom is -0.451 e. The monoisotopic (exact) mass is 603 g/mol. The van der Waals surface area contributed by atoms with E-state index in [9.17, 15) is 28.8 Å². The van der Waals surface area contributed by atoms with Crippen LogP contribution >= 0.6 is 0 Å². The average molecular weight is 604 g/mol. The van der Waals surface area contributed by atoms with Gasteiger partial charge in [0.05, 0.1) is 0 Å². The standard InChI is InChI=1S/C32H37N5O7/c1-3-33-30(41)25(38)13-12-22(35-31(42)28-18(2)21-7-4-5-9-26(21)44-28)29(40)36-23-8-6-14-37(32(23)43)17-27(39)34-24-16-19-10-11-20(24)15-19/h4-9,14,19-20,22,24H,3,10-13,15-17H2,1-2H3,(H,33,41)(H,34,39)(H,35,42)(H,36,40)/t19-,20+,22-,24+/m0/s1. The zero-order chi connectivity index (χ0) is 31.4. The number of ketones is 1. The van der Waals surface area contributed by atoms with Crippen LogP contribution in [-0.2, 0) is 25.7 Å². The number of benzene rings is 1. The summed E-state index contributed by atoms with van der Waals surface area (Å²) in [6, 6.07) is 8.86. The van der Waals surface area contributed by atoms with Gasteiger partial charge >= 0.3 is 0 Å². The molecule has 2 aromatic heterocycles. The lowest BCUT2D eigenvalue weighted by atomic mass is 9.95. The van der Waals surface area contributed by atoms with Crippen molar-refractivity contribution in [2.45, 2.75) is 71.0 Å². The SMILES string of the molecule is CCNC(=O)C(=O)CC[C@H](NC(=O)c1oc2ccccc2c1C)C(=O)Nc1cccn(CC(=O)N[C@@H]2C[C@H]3CC[C@@H]2C3)c1=O. The Morgan fingerprint density at radius 2 is 1.84 bits per heavy atom. The van der Waals surface area contributed by atoms with E-state index in [1.807, 2.05) is 6.07 Å². The Kier molecular flexibility index (Phi) is 9.26. The molecule has 4 amide bonds. The van der Waals surface area contributed by atoms with Gasteiger partial charge in [-0.25, -0.2) is 0 Å². The number of fused-ring (bicyclic) bond motifs is 3. The smallest absolute Gasteiger partial charge is 0.287 e. The molecule has 2 aliphatic rings. The van der Waals surface area contributed by atoms with Gasteiger partial charge in [0, 0.05) is 36.2 Å². The van der Waals surface area contributed by atoms with Crippen LogP contribution in [0.25, 0.3) is 11.0 Å². The lowest BCUT2D eigenvalue weighted by Crippen LogP contribution is -2.45. The largest absolute Gasteiger partial charge is 0.451 e. The quantitative estimate of drug-likeness (QED) is 0.231. The number of hydrogen-bond acceptors (Lipinski definition) is 7. The van der Waals surface area contributed by atoms with E-state index in [4.69, 9.17) is 4.42 Å². The first-order chi connectivity index (χ1) is 21.1. The van der Waals surface area contributed by atoms with E-state index in [1.165, 1.54) is 29.3 Å². The van der Waals surface area contributed by atoms with Crippen LogP contribution in [-0.4, -0.2) is 52.6 Å². The lowest BCUT2D eigenvalue weighted by molar-refractivity contribution is -0.138. The fourth-order valence-electron chi connectivity index (χ4n) is 6.34. The van der Waals surface area contributed by atoms with Crippen molar-refractivity contribution < 1.29 is 28.4 Å². The van der Waals surface area contributed by atoms with E-state index in [0.717, 1.165) is 24.6 Å². The molecule has 2 heterocycles. The van der Waals surface area contributed by atoms with Crippen LogP contribution in [0.5, 0.6) is 0 Å². The summed E-state index contributed by atoms with van der Waals surface area (Å²) in [6.45, 7) is 3.44. The van der Waals surface area contributed by atoms with Gasteiger partial charge < -0.3 is 30.3 Å². The third kappa shape index (κ3) is 6.74. The second kappa shape index (κ2) is 13.3. The predicted molar refractivity (Wildman–Crippen MR) is 162 cm³/mol. The van der Waals surface area contributed by atoms with Crippen molar-refractivity contribution in [1.82, 2.24) is 20.5 Å². The third-order valence-electron chi connectivity index (χ3n) is 8.60. The number of nitrogens with zero attached hydrogens (tertiary/aromatic N) is 1. The van der Waals surface area contributed by atoms with Crippen LogP contribution in [0.4, 0.5) is 5.69 Å². The minimum atomic E-state index is -1.29. The Hall–Kier alpha value is -4.74. The second-order valence-electron chi connectivity index (χ2n) is 11.6. The Morgan fingerprint density at radius 1 is 1.05 bits per heavy atom. The molecule has 2 saturated carbocycles. The number of carbonyl (C=O) groups is 5. The summed E-state index contributed by atoms with van der Waals surface area (Å²) in [5, 5.41) is 11.3. The summed E-state index contributed by atoms with van der Waals surface area (Å²) in [7, 11) is 0. The summed E-state index contributed by atoms with van der Waals surface area (Å²) >= 11 is 0. The van der Waals surface area contributed by atoms with Crippen molar-refractivity contribution in [3.05, 3.63) is 64.3 Å². The van der Waals surface area contributed by atoms with Crippen LogP contribution in [0, 0.1) is 18.8 Å². The lowest BCUT2D eigenvalue weighted by Gasteiger charge is -2.23. The summed E-state index contributed by atoms with van der Waals surface area (Å²) in [5.41, 5.74) is 0.377. The van der Waals surface area contributed by atoms with Gasteiger partial charge in [-0.05, 0) is 69.6 Å². The van der Waals surface area contributed by atoms with E-state index in [2.05, 4.69) is 21.3 Å². The molecule has 12 heteroatoms. The average Bonchev–Trinajstić information content (AvgIpc) is 3.72. The molecule has 0 aliphatic heterocycles. The Morgan fingerprint density at radius 3 is 2.55 bits per heavy atom. The molecule has 232 valence electrons. The van der Waals surface area contributed by atoms with Crippen molar-refractivity contribution in [3.63, 3.8) is 0 Å². The first-order valence-corrected chi connectivity index (χ1v) is 15.0. The van der Waals surface area contributed by atoms with Crippen LogP contribution in [0.2, 0.25) is 0 Å². The van der Waals surface area contributed by atoms with Gasteiger partial charge in [-0.15, -0.1) is 0 Å². The number of hydrogen-bond donors (Lipinski definition) is 4. The summed E-state index contributed by atoms with van der Waals surface area (Å²) < 4.78 is 6.94. The highest BCUT2D eigenvalue weighted by Crippen LogP contribution is 2.44. The molecule has 12 nitrogen and oxygen atoms in total. The molecule has 0 unspecified atom stereocenters. The number of amides is 4. The van der Waals surface area contributed by atoms with E-state index >= 15 is 0 Å². The maximum atomic E-state index is 13.4. The third-order valence-corrected chi connectivity index (χ3v) is 8.60. The highest BCUT2D eigenvalue weighted by atomic mass is 16.3. The molecule has 2 fully saturated rings. The Labute approximate surface area is 253 Å². The number of para-hydroxylation sites is 1. The van der Waals surface area contributed by atoms with Crippen molar-refractivity contribution in [3.8, 4) is 0 Å². The van der Waals surface area contributed by atoms with E-state index in [-0.39, 0.29) is 49.3 Å². The number of carbonyl (C=O) groups excluding carboxylic acids is 5. The van der Waals surface area contributed by atoms with Crippen molar-refractivity contribution in [1.29, 1.82) is 0 Å². The van der Waals surface area contributed by atoms with Crippen molar-refractivity contribution in [2.75, 3.05) is 11.9 Å². The summed E-state index contributed by atoms with van der Waals surface area (Å²) in [4.78, 5) is 77.0. The number of pyridine rings is 1. The fraction of sp³-hybridized carbons (Fsp3) is 0.438. The number of furan rings is 1. The van der Waals surface area contributed by atoms with Crippen LogP contribution in [0.1, 0.15) is 61.6 Å². The first-order valence-electron chi connectivity index (χ1n) is 15.0. The number of likely N-dealkylation sites (N-methyl/N-ethyl adjacent to an activating group) is 1. The van der Waals surface area contributed by atoms with Gasteiger partial charge in [0.25, 0.3) is 17.4 Å². The number of anilines is 1. The second-order valence-corrected chi connectivity index (χ2v) is 11.6.